The minimum absolute atomic E-state index is 0.0138. The molecule has 1 N–H and O–H groups in total. The molecule has 2 heterocycles. The molecule has 1 aromatic carbocycles. The average molecular weight is 588 g/mol. The van der Waals surface area contributed by atoms with Gasteiger partial charge in [-0.1, -0.05) is 11.3 Å². The average Bonchev–Trinajstić information content (AvgIpc) is 3.32. The summed E-state index contributed by atoms with van der Waals surface area (Å²) in [6.45, 7) is 2.44. The molecule has 0 saturated heterocycles. The fraction of sp³-hybridized carbons (Fsp3) is 0.304. The lowest BCUT2D eigenvalue weighted by atomic mass is 10.1. The van der Waals surface area contributed by atoms with Gasteiger partial charge in [0.05, 0.1) is 10.5 Å². The van der Waals surface area contributed by atoms with Gasteiger partial charge in [0.15, 0.2) is 0 Å². The molecule has 14 heteroatoms. The van der Waals surface area contributed by atoms with Crippen LogP contribution in [0.3, 0.4) is 0 Å². The van der Waals surface area contributed by atoms with E-state index in [0.29, 0.717) is 30.4 Å². The Hall–Kier alpha value is -2.93. The van der Waals surface area contributed by atoms with Crippen molar-refractivity contribution >= 4 is 67.1 Å². The van der Waals surface area contributed by atoms with Crippen LogP contribution in [0.25, 0.3) is 0 Å². The van der Waals surface area contributed by atoms with Crippen LogP contribution in [0.15, 0.2) is 54.0 Å². The van der Waals surface area contributed by atoms with Crippen molar-refractivity contribution in [1.29, 1.82) is 0 Å². The molecule has 0 spiro atoms. The Balaban J connectivity index is 1.93. The number of hydrogen-bond acceptors (Lipinski definition) is 9. The number of halogens is 2. The molecule has 1 atom stereocenters. The Morgan fingerprint density at radius 3 is 2.46 bits per heavy atom. The highest BCUT2D eigenvalue weighted by Crippen LogP contribution is 2.38. The number of alkyl halides is 2. The lowest BCUT2D eigenvalue weighted by molar-refractivity contribution is -0.380. The summed E-state index contributed by atoms with van der Waals surface area (Å²) in [7, 11) is -4.40. The van der Waals surface area contributed by atoms with Gasteiger partial charge in [0.2, 0.25) is 5.91 Å². The molecular formula is C23H24Cl2N4O6S2. The predicted molar refractivity (Wildman–Crippen MR) is 146 cm³/mol. The molecule has 0 radical (unpaired) electrons. The molecule has 0 saturated carbocycles. The van der Waals surface area contributed by atoms with Gasteiger partial charge < -0.3 is 14.4 Å². The number of thiophene rings is 1. The zero-order valence-corrected chi connectivity index (χ0v) is 22.8. The summed E-state index contributed by atoms with van der Waals surface area (Å²) in [4.78, 5) is 28.4. The van der Waals surface area contributed by atoms with Gasteiger partial charge in [0.1, 0.15) is 16.8 Å². The lowest BCUT2D eigenvalue weighted by Gasteiger charge is -2.23. The van der Waals surface area contributed by atoms with Crippen molar-refractivity contribution in [2.45, 2.75) is 18.6 Å². The summed E-state index contributed by atoms with van der Waals surface area (Å²) in [5, 5.41) is 13.9. The van der Waals surface area contributed by atoms with Crippen LogP contribution < -0.4 is 14.4 Å². The van der Waals surface area contributed by atoms with Gasteiger partial charge in [-0.3, -0.25) is 14.9 Å². The van der Waals surface area contributed by atoms with Crippen LogP contribution in [0.4, 0.5) is 16.5 Å². The number of carbonyl (C=O) groups is 1. The normalized spacial score (nSPS) is 12.1. The summed E-state index contributed by atoms with van der Waals surface area (Å²) in [5.41, 5.74) is 1.29. The third-order valence-corrected chi connectivity index (χ3v) is 7.97. The van der Waals surface area contributed by atoms with Crippen molar-refractivity contribution < 1.29 is 22.3 Å². The highest BCUT2D eigenvalue weighted by Gasteiger charge is 2.36. The minimum Gasteiger partial charge on any atom is -0.382 e. The van der Waals surface area contributed by atoms with E-state index >= 15 is 0 Å². The molecule has 1 unspecified atom stereocenters. The van der Waals surface area contributed by atoms with Crippen LogP contribution in [0.1, 0.15) is 23.3 Å². The molecule has 3 rings (SSSR count). The predicted octanol–water partition coefficient (Wildman–Crippen LogP) is 4.99. The van der Waals surface area contributed by atoms with E-state index in [1.54, 1.807) is 18.2 Å². The topological polar surface area (TPSA) is 132 Å². The standard InChI is InChI=1S/C23H24Cl2N4O6S2/c1-16(30)27-22-15-17(6-10-26-22)14-21(20-7-13-36-23(20)29(31)32)37(33,34)35-19-4-2-18(3-5-19)28(11-8-24)12-9-25/h2-7,10,13,15,21H,8-9,11-12,14H2,1H3,(H,26,27,30). The van der Waals surface area contributed by atoms with Gasteiger partial charge >= 0.3 is 15.1 Å². The van der Waals surface area contributed by atoms with E-state index in [9.17, 15) is 23.3 Å². The molecular weight excluding hydrogens is 563 g/mol. The maximum absolute atomic E-state index is 13.5. The molecule has 0 aliphatic rings. The second-order valence-corrected chi connectivity index (χ2v) is 11.2. The van der Waals surface area contributed by atoms with Crippen molar-refractivity contribution in [3.63, 3.8) is 0 Å². The van der Waals surface area contributed by atoms with Crippen molar-refractivity contribution in [3.05, 3.63) is 75.3 Å². The van der Waals surface area contributed by atoms with E-state index in [0.717, 1.165) is 17.0 Å². The maximum atomic E-state index is 13.5. The van der Waals surface area contributed by atoms with E-state index in [1.165, 1.54) is 42.8 Å². The number of nitrogens with zero attached hydrogens (tertiary/aromatic N) is 3. The number of nitro groups is 1. The first-order chi connectivity index (χ1) is 17.6. The minimum atomic E-state index is -4.40. The summed E-state index contributed by atoms with van der Waals surface area (Å²) in [6.07, 6.45) is 1.27. The second kappa shape index (κ2) is 13.0. The van der Waals surface area contributed by atoms with Crippen LogP contribution >= 0.6 is 34.5 Å². The van der Waals surface area contributed by atoms with Crippen LogP contribution in [0.5, 0.6) is 5.75 Å². The van der Waals surface area contributed by atoms with Gasteiger partial charge in [0, 0.05) is 43.7 Å². The number of benzene rings is 1. The van der Waals surface area contributed by atoms with Crippen LogP contribution in [-0.2, 0) is 21.3 Å². The fourth-order valence-corrected chi connectivity index (χ4v) is 6.27. The first kappa shape index (κ1) is 28.6. The largest absolute Gasteiger partial charge is 0.382 e. The van der Waals surface area contributed by atoms with E-state index in [4.69, 9.17) is 27.4 Å². The SMILES string of the molecule is CC(=O)Nc1cc(CC(c2ccsc2[N+](=O)[O-])S(=O)(=O)Oc2ccc(N(CCCl)CCCl)cc2)ccn1. The number of nitrogens with one attached hydrogen (secondary N) is 1. The number of carbonyl (C=O) groups excluding carboxylic acids is 1. The summed E-state index contributed by atoms with van der Waals surface area (Å²) in [5.74, 6) is 0.727. The second-order valence-electron chi connectivity index (χ2n) is 7.80. The first-order valence-electron chi connectivity index (χ1n) is 11.0. The molecule has 2 aromatic heterocycles. The van der Waals surface area contributed by atoms with Crippen LogP contribution in [0, 0.1) is 10.1 Å². The molecule has 37 heavy (non-hydrogen) atoms. The van der Waals surface area contributed by atoms with Gasteiger partial charge in [0.25, 0.3) is 0 Å². The van der Waals surface area contributed by atoms with Crippen molar-refractivity contribution in [3.8, 4) is 5.75 Å². The summed E-state index contributed by atoms with van der Waals surface area (Å²) in [6, 6.07) is 10.9. The maximum Gasteiger partial charge on any atom is 0.328 e. The number of pyridine rings is 1. The highest BCUT2D eigenvalue weighted by molar-refractivity contribution is 7.87. The molecule has 0 fully saturated rings. The summed E-state index contributed by atoms with van der Waals surface area (Å²) < 4.78 is 32.4. The quantitative estimate of drug-likeness (QED) is 0.128. The monoisotopic (exact) mass is 586 g/mol. The van der Waals surface area contributed by atoms with E-state index in [2.05, 4.69) is 10.3 Å². The van der Waals surface area contributed by atoms with Crippen molar-refractivity contribution in [1.82, 2.24) is 4.98 Å². The smallest absolute Gasteiger partial charge is 0.328 e. The molecule has 3 aromatic rings. The third-order valence-electron chi connectivity index (χ3n) is 5.21. The Kier molecular flexibility index (Phi) is 10.1. The van der Waals surface area contributed by atoms with Crippen molar-refractivity contribution in [2.24, 2.45) is 0 Å². The Bertz CT molecular complexity index is 1330. The molecule has 0 aliphatic carbocycles. The molecule has 198 valence electrons. The Labute approximate surface area is 228 Å². The Morgan fingerprint density at radius 1 is 1.19 bits per heavy atom. The zero-order chi connectivity index (χ0) is 27.0. The van der Waals surface area contributed by atoms with Crippen LogP contribution in [-0.4, -0.2) is 49.1 Å². The van der Waals surface area contributed by atoms with Crippen molar-refractivity contribution in [2.75, 3.05) is 35.1 Å². The molecule has 1 amide bonds. The van der Waals surface area contributed by atoms with Gasteiger partial charge in [-0.2, -0.15) is 8.42 Å². The van der Waals surface area contributed by atoms with E-state index < -0.39 is 20.3 Å². The number of amides is 1. The lowest BCUT2D eigenvalue weighted by Crippen LogP contribution is -2.27. The van der Waals surface area contributed by atoms with Gasteiger partial charge in [-0.15, -0.1) is 23.2 Å². The highest BCUT2D eigenvalue weighted by atomic mass is 35.5. The number of rotatable bonds is 13. The van der Waals surface area contributed by atoms with Crippen LogP contribution in [0.2, 0.25) is 0 Å². The molecule has 0 aliphatic heterocycles. The van der Waals surface area contributed by atoms with Gasteiger partial charge in [-0.25, -0.2) is 4.98 Å². The fourth-order valence-electron chi connectivity index (χ4n) is 3.61. The number of anilines is 2. The first-order valence-corrected chi connectivity index (χ1v) is 14.4. The zero-order valence-electron chi connectivity index (χ0n) is 19.7. The van der Waals surface area contributed by atoms with E-state index in [-0.39, 0.29) is 34.5 Å². The third kappa shape index (κ3) is 7.78. The Morgan fingerprint density at radius 2 is 1.86 bits per heavy atom. The molecule has 10 nitrogen and oxygen atoms in total. The summed E-state index contributed by atoms with van der Waals surface area (Å²) >= 11 is 12.5. The van der Waals surface area contributed by atoms with E-state index in [1.807, 2.05) is 4.90 Å². The number of aromatic nitrogens is 1. The molecule has 0 bridgehead atoms. The number of hydrogen-bond donors (Lipinski definition) is 1. The van der Waals surface area contributed by atoms with Gasteiger partial charge in [-0.05, 0) is 59.8 Å².